The lowest BCUT2D eigenvalue weighted by atomic mass is 10.3. The Morgan fingerprint density at radius 2 is 2.12 bits per heavy atom. The van der Waals surface area contributed by atoms with E-state index < -0.39 is 11.9 Å². The van der Waals surface area contributed by atoms with Gasteiger partial charge in [0.05, 0.1) is 0 Å². The molecule has 1 rings (SSSR count). The van der Waals surface area contributed by atoms with Gasteiger partial charge in [0.25, 0.3) is 0 Å². The maximum Gasteiger partial charge on any atom is 0.433 e. The first-order valence-corrected chi connectivity index (χ1v) is 4.92. The summed E-state index contributed by atoms with van der Waals surface area (Å²) in [6, 6.07) is 3.59. The zero-order valence-electron chi connectivity index (χ0n) is 8.84. The molecule has 0 amide bonds. The van der Waals surface area contributed by atoms with Crippen LogP contribution < -0.4 is 10.1 Å². The second kappa shape index (κ2) is 5.69. The van der Waals surface area contributed by atoms with Gasteiger partial charge < -0.3 is 10.1 Å². The van der Waals surface area contributed by atoms with E-state index in [0.29, 0.717) is 13.2 Å². The Morgan fingerprint density at radius 1 is 1.38 bits per heavy atom. The quantitative estimate of drug-likeness (QED) is 0.792. The third kappa shape index (κ3) is 4.06. The third-order valence-electron chi connectivity index (χ3n) is 1.79. The van der Waals surface area contributed by atoms with Gasteiger partial charge in [-0.05, 0) is 12.6 Å². The van der Waals surface area contributed by atoms with Gasteiger partial charge in [0.1, 0.15) is 12.3 Å². The average Bonchev–Trinajstić information content (AvgIpc) is 2.24. The van der Waals surface area contributed by atoms with Crippen molar-refractivity contribution in [3.8, 4) is 5.88 Å². The summed E-state index contributed by atoms with van der Waals surface area (Å²) in [5.74, 6) is -0.00673. The van der Waals surface area contributed by atoms with E-state index in [1.54, 1.807) is 0 Å². The van der Waals surface area contributed by atoms with Crippen LogP contribution in [0.2, 0.25) is 0 Å². The van der Waals surface area contributed by atoms with Gasteiger partial charge >= 0.3 is 6.18 Å². The number of ether oxygens (including phenoxy) is 1. The Hall–Kier alpha value is -1.30. The van der Waals surface area contributed by atoms with E-state index in [-0.39, 0.29) is 5.88 Å². The molecule has 0 aliphatic carbocycles. The minimum atomic E-state index is -4.43. The van der Waals surface area contributed by atoms with E-state index in [4.69, 9.17) is 4.74 Å². The molecule has 0 saturated carbocycles. The predicted octanol–water partition coefficient (Wildman–Crippen LogP) is 2.09. The summed E-state index contributed by atoms with van der Waals surface area (Å²) in [5.41, 5.74) is -0.937. The number of hydrogen-bond acceptors (Lipinski definition) is 3. The first kappa shape index (κ1) is 12.8. The topological polar surface area (TPSA) is 34.1 Å². The smallest absolute Gasteiger partial charge is 0.433 e. The summed E-state index contributed by atoms with van der Waals surface area (Å²) in [6.45, 7) is 3.60. The lowest BCUT2D eigenvalue weighted by molar-refractivity contribution is -0.141. The predicted molar refractivity (Wildman–Crippen MR) is 53.3 cm³/mol. The fourth-order valence-corrected chi connectivity index (χ4v) is 1.06. The Balaban J connectivity index is 2.54. The molecule has 1 aromatic heterocycles. The number of nitrogens with zero attached hydrogens (tertiary/aromatic N) is 1. The molecular weight excluding hydrogens is 221 g/mol. The van der Waals surface area contributed by atoms with Crippen molar-refractivity contribution in [2.24, 2.45) is 0 Å². The number of alkyl halides is 3. The van der Waals surface area contributed by atoms with Crippen molar-refractivity contribution in [3.63, 3.8) is 0 Å². The van der Waals surface area contributed by atoms with E-state index >= 15 is 0 Å². The van der Waals surface area contributed by atoms with Gasteiger partial charge in [-0.2, -0.15) is 13.2 Å². The molecule has 6 heteroatoms. The maximum atomic E-state index is 12.3. The highest BCUT2D eigenvalue weighted by Crippen LogP contribution is 2.28. The van der Waals surface area contributed by atoms with Crippen molar-refractivity contribution in [3.05, 3.63) is 23.9 Å². The molecule has 0 bridgehead atoms. The van der Waals surface area contributed by atoms with E-state index in [1.807, 2.05) is 6.92 Å². The number of rotatable bonds is 5. The van der Waals surface area contributed by atoms with E-state index in [1.165, 1.54) is 12.1 Å². The number of halogens is 3. The van der Waals surface area contributed by atoms with Crippen LogP contribution in [0.3, 0.4) is 0 Å². The largest absolute Gasteiger partial charge is 0.476 e. The van der Waals surface area contributed by atoms with Crippen molar-refractivity contribution >= 4 is 0 Å². The zero-order chi connectivity index (χ0) is 12.0. The molecule has 0 unspecified atom stereocenters. The average molecular weight is 234 g/mol. The van der Waals surface area contributed by atoms with Crippen molar-refractivity contribution < 1.29 is 17.9 Å². The molecule has 0 fully saturated rings. The van der Waals surface area contributed by atoms with E-state index in [2.05, 4.69) is 10.3 Å². The van der Waals surface area contributed by atoms with Gasteiger partial charge in [0.15, 0.2) is 0 Å². The minimum absolute atomic E-state index is 0.00673. The molecule has 1 aromatic rings. The fraction of sp³-hybridized carbons (Fsp3) is 0.500. The molecule has 0 radical (unpaired) electrons. The normalized spacial score (nSPS) is 11.5. The van der Waals surface area contributed by atoms with Crippen LogP contribution in [-0.4, -0.2) is 24.7 Å². The van der Waals surface area contributed by atoms with Crippen LogP contribution in [0.15, 0.2) is 18.2 Å². The Morgan fingerprint density at radius 3 is 2.75 bits per heavy atom. The summed E-state index contributed by atoms with van der Waals surface area (Å²) in [5, 5.41) is 2.99. The summed E-state index contributed by atoms with van der Waals surface area (Å²) in [6.07, 6.45) is -4.43. The number of likely N-dealkylation sites (N-methyl/N-ethyl adjacent to an activating group) is 1. The molecule has 0 aromatic carbocycles. The second-order valence-corrected chi connectivity index (χ2v) is 3.06. The minimum Gasteiger partial charge on any atom is -0.476 e. The molecule has 3 nitrogen and oxygen atoms in total. The fourth-order valence-electron chi connectivity index (χ4n) is 1.06. The number of pyridine rings is 1. The van der Waals surface area contributed by atoms with Crippen molar-refractivity contribution in [2.75, 3.05) is 19.7 Å². The van der Waals surface area contributed by atoms with Crippen LogP contribution >= 0.6 is 0 Å². The number of aromatic nitrogens is 1. The van der Waals surface area contributed by atoms with Crippen molar-refractivity contribution in [1.29, 1.82) is 0 Å². The van der Waals surface area contributed by atoms with Gasteiger partial charge in [0, 0.05) is 12.6 Å². The molecule has 1 N–H and O–H groups in total. The molecule has 0 atom stereocenters. The van der Waals surface area contributed by atoms with Crippen LogP contribution in [0.25, 0.3) is 0 Å². The molecule has 1 heterocycles. The highest BCUT2D eigenvalue weighted by molar-refractivity contribution is 5.17. The van der Waals surface area contributed by atoms with Crippen molar-refractivity contribution in [2.45, 2.75) is 13.1 Å². The molecule has 90 valence electrons. The first-order chi connectivity index (χ1) is 7.54. The van der Waals surface area contributed by atoms with Crippen LogP contribution in [0.5, 0.6) is 5.88 Å². The summed E-state index contributed by atoms with van der Waals surface area (Å²) in [4.78, 5) is 3.37. The maximum absolute atomic E-state index is 12.3. The molecule has 16 heavy (non-hydrogen) atoms. The summed E-state index contributed by atoms with van der Waals surface area (Å²) in [7, 11) is 0. The zero-order valence-corrected chi connectivity index (χ0v) is 8.84. The molecule has 0 aliphatic heterocycles. The molecule has 0 spiro atoms. The first-order valence-electron chi connectivity index (χ1n) is 4.92. The van der Waals surface area contributed by atoms with Gasteiger partial charge in [-0.15, -0.1) is 0 Å². The Bertz CT molecular complexity index is 328. The van der Waals surface area contributed by atoms with Gasteiger partial charge in [0.2, 0.25) is 5.88 Å². The SMILES string of the molecule is CCNCCOc1cccc(C(F)(F)F)n1. The monoisotopic (exact) mass is 234 g/mol. The standard InChI is InChI=1S/C10H13F3N2O/c1-2-14-6-7-16-9-5-3-4-8(15-9)10(11,12)13/h3-5,14H,2,6-7H2,1H3. The highest BCUT2D eigenvalue weighted by atomic mass is 19.4. The Kier molecular flexibility index (Phi) is 4.54. The van der Waals surface area contributed by atoms with Crippen LogP contribution in [-0.2, 0) is 6.18 Å². The van der Waals surface area contributed by atoms with Crippen LogP contribution in [0.1, 0.15) is 12.6 Å². The molecular formula is C10H13F3N2O. The van der Waals surface area contributed by atoms with E-state index in [0.717, 1.165) is 12.6 Å². The van der Waals surface area contributed by atoms with Crippen LogP contribution in [0, 0.1) is 0 Å². The summed E-state index contributed by atoms with van der Waals surface area (Å²) < 4.78 is 41.9. The molecule has 0 aliphatic rings. The van der Waals surface area contributed by atoms with Gasteiger partial charge in [-0.3, -0.25) is 0 Å². The van der Waals surface area contributed by atoms with Crippen LogP contribution in [0.4, 0.5) is 13.2 Å². The summed E-state index contributed by atoms with van der Waals surface area (Å²) >= 11 is 0. The van der Waals surface area contributed by atoms with Gasteiger partial charge in [-0.1, -0.05) is 13.0 Å². The van der Waals surface area contributed by atoms with E-state index in [9.17, 15) is 13.2 Å². The number of nitrogens with one attached hydrogen (secondary N) is 1. The second-order valence-electron chi connectivity index (χ2n) is 3.06. The molecule has 0 saturated heterocycles. The van der Waals surface area contributed by atoms with Gasteiger partial charge in [-0.25, -0.2) is 4.98 Å². The number of hydrogen-bond donors (Lipinski definition) is 1. The highest BCUT2D eigenvalue weighted by Gasteiger charge is 2.32. The third-order valence-corrected chi connectivity index (χ3v) is 1.79. The van der Waals surface area contributed by atoms with Crippen molar-refractivity contribution in [1.82, 2.24) is 10.3 Å². The lowest BCUT2D eigenvalue weighted by Crippen LogP contribution is -2.20. The lowest BCUT2D eigenvalue weighted by Gasteiger charge is -2.09. The Labute approximate surface area is 91.6 Å².